The molecule has 1 atom stereocenters. The molecule has 4 rings (SSSR count). The van der Waals surface area contributed by atoms with Crippen LogP contribution in [0.25, 0.3) is 6.08 Å². The van der Waals surface area contributed by atoms with Gasteiger partial charge in [-0.3, -0.25) is 9.36 Å². The Hall–Kier alpha value is -3.51. The molecule has 2 heterocycles. The molecule has 3 aromatic rings. The maximum Gasteiger partial charge on any atom is 0.338 e. The minimum absolute atomic E-state index is 0.0922. The SMILES string of the molecule is C=CCOC(=O)C1=C(C)N=c2s/c(=C\c3ccc(C)cc3)c(=O)n2[C@@H]1c1ccccc1. The van der Waals surface area contributed by atoms with Gasteiger partial charge in [-0.15, -0.1) is 0 Å². The molecule has 6 heteroatoms. The molecule has 0 bridgehead atoms. The van der Waals surface area contributed by atoms with E-state index in [2.05, 4.69) is 11.6 Å². The Morgan fingerprint density at radius 3 is 2.55 bits per heavy atom. The molecule has 1 aromatic heterocycles. The van der Waals surface area contributed by atoms with Crippen molar-refractivity contribution in [1.82, 2.24) is 4.57 Å². The van der Waals surface area contributed by atoms with Crippen LogP contribution in [0.5, 0.6) is 0 Å². The highest BCUT2D eigenvalue weighted by Gasteiger charge is 2.33. The van der Waals surface area contributed by atoms with Crippen molar-refractivity contribution in [1.29, 1.82) is 0 Å². The van der Waals surface area contributed by atoms with Crippen molar-refractivity contribution >= 4 is 23.4 Å². The highest BCUT2D eigenvalue weighted by Crippen LogP contribution is 2.30. The molecule has 31 heavy (non-hydrogen) atoms. The van der Waals surface area contributed by atoms with Gasteiger partial charge in [0.15, 0.2) is 4.80 Å². The Morgan fingerprint density at radius 2 is 1.87 bits per heavy atom. The third-order valence-electron chi connectivity index (χ3n) is 5.06. The molecule has 156 valence electrons. The first-order valence-electron chi connectivity index (χ1n) is 9.92. The van der Waals surface area contributed by atoms with E-state index in [0.29, 0.717) is 20.6 Å². The van der Waals surface area contributed by atoms with Gasteiger partial charge in [-0.05, 0) is 31.1 Å². The van der Waals surface area contributed by atoms with Gasteiger partial charge < -0.3 is 4.74 Å². The Bertz CT molecular complexity index is 1350. The molecule has 1 aliphatic rings. The molecule has 1 aliphatic heterocycles. The highest BCUT2D eigenvalue weighted by molar-refractivity contribution is 7.07. The molecule has 2 aromatic carbocycles. The van der Waals surface area contributed by atoms with Gasteiger partial charge in [-0.25, -0.2) is 9.79 Å². The first-order valence-corrected chi connectivity index (χ1v) is 10.7. The zero-order chi connectivity index (χ0) is 22.0. The van der Waals surface area contributed by atoms with Crippen LogP contribution < -0.4 is 14.9 Å². The van der Waals surface area contributed by atoms with E-state index in [1.165, 1.54) is 17.4 Å². The number of benzene rings is 2. The predicted octanol–water partition coefficient (Wildman–Crippen LogP) is 3.27. The lowest BCUT2D eigenvalue weighted by Crippen LogP contribution is -2.39. The Morgan fingerprint density at radius 1 is 1.16 bits per heavy atom. The number of fused-ring (bicyclic) bond motifs is 1. The summed E-state index contributed by atoms with van der Waals surface area (Å²) >= 11 is 1.32. The van der Waals surface area contributed by atoms with Gasteiger partial charge in [-0.1, -0.05) is 84.2 Å². The normalized spacial score (nSPS) is 15.9. The van der Waals surface area contributed by atoms with E-state index in [1.807, 2.05) is 67.6 Å². The number of rotatable bonds is 5. The monoisotopic (exact) mass is 430 g/mol. The second kappa shape index (κ2) is 8.70. The van der Waals surface area contributed by atoms with Crippen molar-refractivity contribution in [3.63, 3.8) is 0 Å². The summed E-state index contributed by atoms with van der Waals surface area (Å²) in [5.74, 6) is -0.497. The minimum atomic E-state index is -0.602. The summed E-state index contributed by atoms with van der Waals surface area (Å²) in [5.41, 5.74) is 3.65. The molecule has 0 amide bonds. The number of hydrogen-bond acceptors (Lipinski definition) is 5. The number of carbonyl (C=O) groups excluding carboxylic acids is 1. The second-order valence-electron chi connectivity index (χ2n) is 7.29. The Balaban J connectivity index is 1.92. The first kappa shape index (κ1) is 20.8. The zero-order valence-electron chi connectivity index (χ0n) is 17.4. The number of nitrogens with zero attached hydrogens (tertiary/aromatic N) is 2. The Kier molecular flexibility index (Phi) is 5.82. The molecule has 0 radical (unpaired) electrons. The molecule has 0 saturated carbocycles. The fourth-order valence-corrected chi connectivity index (χ4v) is 4.61. The van der Waals surface area contributed by atoms with E-state index in [-0.39, 0.29) is 12.2 Å². The van der Waals surface area contributed by atoms with E-state index in [1.54, 1.807) is 11.5 Å². The van der Waals surface area contributed by atoms with Crippen LogP contribution in [0.2, 0.25) is 0 Å². The number of ether oxygens (including phenoxy) is 1. The average molecular weight is 431 g/mol. The number of allylic oxidation sites excluding steroid dienone is 1. The summed E-state index contributed by atoms with van der Waals surface area (Å²) in [6.07, 6.45) is 3.38. The summed E-state index contributed by atoms with van der Waals surface area (Å²) in [5, 5.41) is 0. The molecular formula is C25H22N2O3S. The van der Waals surface area contributed by atoms with Crippen molar-refractivity contribution in [2.24, 2.45) is 4.99 Å². The van der Waals surface area contributed by atoms with Gasteiger partial charge in [-0.2, -0.15) is 0 Å². The molecule has 0 fully saturated rings. The molecule has 0 saturated heterocycles. The van der Waals surface area contributed by atoms with E-state index >= 15 is 0 Å². The summed E-state index contributed by atoms with van der Waals surface area (Å²) in [6.45, 7) is 7.49. The third kappa shape index (κ3) is 4.07. The minimum Gasteiger partial charge on any atom is -0.458 e. The van der Waals surface area contributed by atoms with E-state index in [0.717, 1.165) is 16.7 Å². The van der Waals surface area contributed by atoms with Crippen molar-refractivity contribution in [2.75, 3.05) is 6.61 Å². The number of aryl methyl sites for hydroxylation is 1. The summed E-state index contributed by atoms with van der Waals surface area (Å²) in [7, 11) is 0. The fraction of sp³-hybridized carbons (Fsp3) is 0.160. The molecular weight excluding hydrogens is 408 g/mol. The molecule has 0 unspecified atom stereocenters. The predicted molar refractivity (Wildman–Crippen MR) is 123 cm³/mol. The quantitative estimate of drug-likeness (QED) is 0.461. The van der Waals surface area contributed by atoms with Crippen LogP contribution in [0.3, 0.4) is 0 Å². The second-order valence-corrected chi connectivity index (χ2v) is 8.30. The van der Waals surface area contributed by atoms with Crippen LogP contribution >= 0.6 is 11.3 Å². The topological polar surface area (TPSA) is 60.7 Å². The van der Waals surface area contributed by atoms with Gasteiger partial charge in [0.25, 0.3) is 5.56 Å². The standard InChI is InChI=1S/C25H22N2O3S/c1-4-14-30-24(29)21-17(3)26-25-27(22(21)19-8-6-5-7-9-19)23(28)20(31-25)15-18-12-10-16(2)11-13-18/h4-13,15,22H,1,14H2,2-3H3/b20-15-/t22-/m1/s1. The molecule has 0 spiro atoms. The first-order chi connectivity index (χ1) is 15.0. The lowest BCUT2D eigenvalue weighted by molar-refractivity contribution is -0.138. The van der Waals surface area contributed by atoms with E-state index < -0.39 is 12.0 Å². The van der Waals surface area contributed by atoms with Gasteiger partial charge in [0.05, 0.1) is 21.8 Å². The number of carbonyl (C=O) groups is 1. The fourth-order valence-electron chi connectivity index (χ4n) is 3.56. The van der Waals surface area contributed by atoms with Gasteiger partial charge in [0.2, 0.25) is 0 Å². The number of aromatic nitrogens is 1. The number of esters is 1. The lowest BCUT2D eigenvalue weighted by atomic mass is 9.96. The molecule has 0 N–H and O–H groups in total. The van der Waals surface area contributed by atoms with E-state index in [4.69, 9.17) is 4.74 Å². The Labute approximate surface area is 184 Å². The zero-order valence-corrected chi connectivity index (χ0v) is 18.2. The number of thiazole rings is 1. The summed E-state index contributed by atoms with van der Waals surface area (Å²) < 4.78 is 7.49. The van der Waals surface area contributed by atoms with Crippen molar-refractivity contribution in [2.45, 2.75) is 19.9 Å². The third-order valence-corrected chi connectivity index (χ3v) is 6.05. The highest BCUT2D eigenvalue weighted by atomic mass is 32.1. The van der Waals surface area contributed by atoms with Crippen molar-refractivity contribution in [3.8, 4) is 0 Å². The lowest BCUT2D eigenvalue weighted by Gasteiger charge is -2.24. The molecule has 5 nitrogen and oxygen atoms in total. The maximum atomic E-state index is 13.4. The van der Waals surface area contributed by atoms with Crippen LogP contribution in [0.15, 0.2) is 88.3 Å². The van der Waals surface area contributed by atoms with Gasteiger partial charge >= 0.3 is 5.97 Å². The van der Waals surface area contributed by atoms with Crippen LogP contribution in [0.1, 0.15) is 29.7 Å². The largest absolute Gasteiger partial charge is 0.458 e. The van der Waals surface area contributed by atoms with Crippen molar-refractivity contribution in [3.05, 3.63) is 115 Å². The van der Waals surface area contributed by atoms with Crippen molar-refractivity contribution < 1.29 is 9.53 Å². The van der Waals surface area contributed by atoms with Crippen LogP contribution in [0.4, 0.5) is 0 Å². The van der Waals surface area contributed by atoms with Gasteiger partial charge in [0.1, 0.15) is 6.61 Å². The number of hydrogen-bond donors (Lipinski definition) is 0. The van der Waals surface area contributed by atoms with E-state index in [9.17, 15) is 9.59 Å². The maximum absolute atomic E-state index is 13.4. The smallest absolute Gasteiger partial charge is 0.338 e. The molecule has 0 aliphatic carbocycles. The van der Waals surface area contributed by atoms with Gasteiger partial charge in [0, 0.05) is 0 Å². The van der Waals surface area contributed by atoms with Crippen LogP contribution in [-0.4, -0.2) is 17.1 Å². The summed E-state index contributed by atoms with van der Waals surface area (Å²) in [6, 6.07) is 16.9. The summed E-state index contributed by atoms with van der Waals surface area (Å²) in [4.78, 5) is 31.5. The van der Waals surface area contributed by atoms with Crippen LogP contribution in [0, 0.1) is 6.92 Å². The average Bonchev–Trinajstić information content (AvgIpc) is 3.07. The van der Waals surface area contributed by atoms with Crippen LogP contribution in [-0.2, 0) is 9.53 Å².